The van der Waals surface area contributed by atoms with E-state index in [2.05, 4.69) is 43.0 Å². The number of nitrogens with zero attached hydrogens (tertiary/aromatic N) is 3. The standard InChI is InChI=1S/C24H24FN3O/c1-4-27(3)16-20-15-26-28(24(20)23-6-5-13-29-23)22-12-9-19(14-17(22)2)18-7-10-21(25)11-8-18/h5-15H,4,16H2,1-3H3. The fourth-order valence-electron chi connectivity index (χ4n) is 3.47. The summed E-state index contributed by atoms with van der Waals surface area (Å²) >= 11 is 0. The number of hydrogen-bond donors (Lipinski definition) is 0. The Morgan fingerprint density at radius 2 is 1.83 bits per heavy atom. The summed E-state index contributed by atoms with van der Waals surface area (Å²) < 4.78 is 20.9. The predicted molar refractivity (Wildman–Crippen MR) is 113 cm³/mol. The molecule has 0 saturated heterocycles. The minimum atomic E-state index is -0.230. The second-order valence-corrected chi connectivity index (χ2v) is 7.25. The lowest BCUT2D eigenvalue weighted by Crippen LogP contribution is -2.17. The fraction of sp³-hybridized carbons (Fsp3) is 0.208. The van der Waals surface area contributed by atoms with Gasteiger partial charge in [0.05, 0.1) is 18.1 Å². The Kier molecular flexibility index (Phi) is 5.32. The van der Waals surface area contributed by atoms with Crippen molar-refractivity contribution in [3.05, 3.63) is 84.0 Å². The van der Waals surface area contributed by atoms with Crippen molar-refractivity contribution in [1.29, 1.82) is 0 Å². The minimum Gasteiger partial charge on any atom is -0.463 e. The molecule has 29 heavy (non-hydrogen) atoms. The SMILES string of the molecule is CCN(C)Cc1cnn(-c2ccc(-c3ccc(F)cc3)cc2C)c1-c1ccco1. The number of rotatable bonds is 6. The molecule has 2 aromatic heterocycles. The Morgan fingerprint density at radius 1 is 1.07 bits per heavy atom. The summed E-state index contributed by atoms with van der Waals surface area (Å²) in [6, 6.07) is 16.6. The first-order valence-electron chi connectivity index (χ1n) is 9.73. The van der Waals surface area contributed by atoms with E-state index in [-0.39, 0.29) is 5.82 Å². The first-order valence-corrected chi connectivity index (χ1v) is 9.73. The second kappa shape index (κ2) is 8.05. The topological polar surface area (TPSA) is 34.2 Å². The summed E-state index contributed by atoms with van der Waals surface area (Å²) in [6.45, 7) is 5.94. The second-order valence-electron chi connectivity index (χ2n) is 7.25. The summed E-state index contributed by atoms with van der Waals surface area (Å²) in [6.07, 6.45) is 3.60. The molecule has 0 bridgehead atoms. The summed E-state index contributed by atoms with van der Waals surface area (Å²) in [5, 5.41) is 4.68. The normalized spacial score (nSPS) is 11.3. The van der Waals surface area contributed by atoms with E-state index in [4.69, 9.17) is 4.42 Å². The first-order chi connectivity index (χ1) is 14.1. The van der Waals surface area contributed by atoms with E-state index in [1.54, 1.807) is 18.4 Å². The van der Waals surface area contributed by atoms with Gasteiger partial charge in [-0.1, -0.05) is 25.1 Å². The average Bonchev–Trinajstić information content (AvgIpc) is 3.38. The van der Waals surface area contributed by atoms with Crippen molar-refractivity contribution in [3.8, 4) is 28.3 Å². The number of aromatic nitrogens is 2. The molecule has 0 N–H and O–H groups in total. The van der Waals surface area contributed by atoms with Crippen LogP contribution in [0.25, 0.3) is 28.3 Å². The molecule has 4 aromatic rings. The van der Waals surface area contributed by atoms with Gasteiger partial charge in [-0.25, -0.2) is 9.07 Å². The molecule has 0 aliphatic heterocycles. The van der Waals surface area contributed by atoms with Crippen LogP contribution < -0.4 is 0 Å². The van der Waals surface area contributed by atoms with Crippen molar-refractivity contribution in [3.63, 3.8) is 0 Å². The number of furan rings is 1. The minimum absolute atomic E-state index is 0.230. The van der Waals surface area contributed by atoms with Gasteiger partial charge < -0.3 is 9.32 Å². The third-order valence-electron chi connectivity index (χ3n) is 5.18. The maximum Gasteiger partial charge on any atom is 0.152 e. The lowest BCUT2D eigenvalue weighted by Gasteiger charge is -2.15. The van der Waals surface area contributed by atoms with Gasteiger partial charge in [-0.3, -0.25) is 0 Å². The van der Waals surface area contributed by atoms with Crippen LogP contribution in [0, 0.1) is 12.7 Å². The molecule has 0 aliphatic carbocycles. The Bertz CT molecular complexity index is 1100. The Labute approximate surface area is 170 Å². The summed E-state index contributed by atoms with van der Waals surface area (Å²) in [5.41, 5.74) is 6.19. The molecule has 0 fully saturated rings. The van der Waals surface area contributed by atoms with Crippen LogP contribution in [0.1, 0.15) is 18.1 Å². The zero-order chi connectivity index (χ0) is 20.4. The molecule has 0 unspecified atom stereocenters. The van der Waals surface area contributed by atoms with E-state index in [1.165, 1.54) is 12.1 Å². The predicted octanol–water partition coefficient (Wildman–Crippen LogP) is 5.70. The summed E-state index contributed by atoms with van der Waals surface area (Å²) in [4.78, 5) is 2.23. The summed E-state index contributed by atoms with van der Waals surface area (Å²) in [7, 11) is 2.09. The van der Waals surface area contributed by atoms with Crippen molar-refractivity contribution in [2.45, 2.75) is 20.4 Å². The first kappa shape index (κ1) is 19.2. The number of benzene rings is 2. The molecule has 0 atom stereocenters. The van der Waals surface area contributed by atoms with Crippen LogP contribution >= 0.6 is 0 Å². The zero-order valence-electron chi connectivity index (χ0n) is 16.9. The third-order valence-corrected chi connectivity index (χ3v) is 5.18. The molecular weight excluding hydrogens is 365 g/mol. The van der Waals surface area contributed by atoms with Crippen molar-refractivity contribution in [2.24, 2.45) is 0 Å². The van der Waals surface area contributed by atoms with E-state index in [1.807, 2.05) is 29.1 Å². The molecule has 4 rings (SSSR count). The van der Waals surface area contributed by atoms with Crippen LogP contribution in [-0.2, 0) is 6.54 Å². The molecule has 0 aliphatic rings. The van der Waals surface area contributed by atoms with E-state index < -0.39 is 0 Å². The monoisotopic (exact) mass is 389 g/mol. The highest BCUT2D eigenvalue weighted by Crippen LogP contribution is 2.31. The van der Waals surface area contributed by atoms with E-state index in [9.17, 15) is 4.39 Å². The molecule has 148 valence electrons. The quantitative estimate of drug-likeness (QED) is 0.424. The van der Waals surface area contributed by atoms with Gasteiger partial charge in [-0.2, -0.15) is 5.10 Å². The molecular formula is C24H24FN3O. The van der Waals surface area contributed by atoms with Gasteiger partial charge in [-0.05, 0) is 73.6 Å². The maximum atomic E-state index is 13.2. The number of hydrogen-bond acceptors (Lipinski definition) is 3. The van der Waals surface area contributed by atoms with Gasteiger partial charge in [0.1, 0.15) is 11.5 Å². The molecule has 0 spiro atoms. The van der Waals surface area contributed by atoms with E-state index >= 15 is 0 Å². The third kappa shape index (κ3) is 3.87. The average molecular weight is 389 g/mol. The Morgan fingerprint density at radius 3 is 2.48 bits per heavy atom. The summed E-state index contributed by atoms with van der Waals surface area (Å²) in [5.74, 6) is 0.565. The van der Waals surface area contributed by atoms with Crippen molar-refractivity contribution >= 4 is 0 Å². The van der Waals surface area contributed by atoms with E-state index in [0.717, 1.165) is 52.5 Å². The van der Waals surface area contributed by atoms with Crippen LogP contribution in [0.4, 0.5) is 4.39 Å². The maximum absolute atomic E-state index is 13.2. The zero-order valence-corrected chi connectivity index (χ0v) is 16.9. The van der Waals surface area contributed by atoms with Crippen LogP contribution in [0.3, 0.4) is 0 Å². The van der Waals surface area contributed by atoms with Gasteiger partial charge in [0.15, 0.2) is 5.76 Å². The molecule has 2 aromatic carbocycles. The largest absolute Gasteiger partial charge is 0.463 e. The van der Waals surface area contributed by atoms with Crippen LogP contribution in [0.15, 0.2) is 71.5 Å². The number of halogens is 1. The van der Waals surface area contributed by atoms with Crippen molar-refractivity contribution in [1.82, 2.24) is 14.7 Å². The lowest BCUT2D eigenvalue weighted by atomic mass is 10.0. The fourth-order valence-corrected chi connectivity index (χ4v) is 3.47. The molecule has 5 heteroatoms. The highest BCUT2D eigenvalue weighted by atomic mass is 19.1. The molecule has 4 nitrogen and oxygen atoms in total. The smallest absolute Gasteiger partial charge is 0.152 e. The number of aryl methyl sites for hydroxylation is 1. The molecule has 0 amide bonds. The van der Waals surface area contributed by atoms with Gasteiger partial charge in [-0.15, -0.1) is 0 Å². The van der Waals surface area contributed by atoms with Crippen molar-refractivity contribution in [2.75, 3.05) is 13.6 Å². The lowest BCUT2D eigenvalue weighted by molar-refractivity contribution is 0.346. The van der Waals surface area contributed by atoms with Gasteiger partial charge in [0.2, 0.25) is 0 Å². The molecule has 0 saturated carbocycles. The van der Waals surface area contributed by atoms with Gasteiger partial charge >= 0.3 is 0 Å². The molecule has 2 heterocycles. The van der Waals surface area contributed by atoms with Gasteiger partial charge in [0.25, 0.3) is 0 Å². The highest BCUT2D eigenvalue weighted by Gasteiger charge is 2.19. The Balaban J connectivity index is 1.77. The molecule has 0 radical (unpaired) electrons. The van der Waals surface area contributed by atoms with Crippen molar-refractivity contribution < 1.29 is 8.81 Å². The van der Waals surface area contributed by atoms with Crippen LogP contribution in [0.5, 0.6) is 0 Å². The Hall–Kier alpha value is -3.18. The highest BCUT2D eigenvalue weighted by molar-refractivity contribution is 5.68. The van der Waals surface area contributed by atoms with Crippen LogP contribution in [0.2, 0.25) is 0 Å². The van der Waals surface area contributed by atoms with Gasteiger partial charge in [0, 0.05) is 12.1 Å². The van der Waals surface area contributed by atoms with E-state index in [0.29, 0.717) is 0 Å². The van der Waals surface area contributed by atoms with Crippen LogP contribution in [-0.4, -0.2) is 28.3 Å².